The van der Waals surface area contributed by atoms with Gasteiger partial charge < -0.3 is 15.8 Å². The molecule has 1 aromatic carbocycles. The van der Waals surface area contributed by atoms with Gasteiger partial charge in [0.2, 0.25) is 0 Å². The molecule has 0 atom stereocenters. The number of nitrogens with two attached hydrogens (primary N) is 1. The van der Waals surface area contributed by atoms with Gasteiger partial charge in [-0.3, -0.25) is 4.79 Å². The van der Waals surface area contributed by atoms with Crippen LogP contribution in [0, 0.1) is 0 Å². The second-order valence-corrected chi connectivity index (χ2v) is 3.89. The van der Waals surface area contributed by atoms with Gasteiger partial charge in [-0.15, -0.1) is 0 Å². The van der Waals surface area contributed by atoms with E-state index in [1.165, 1.54) is 6.20 Å². The van der Waals surface area contributed by atoms with Gasteiger partial charge in [0.05, 0.1) is 18.5 Å². The third kappa shape index (κ3) is 3.45. The van der Waals surface area contributed by atoms with Gasteiger partial charge in [-0.2, -0.15) is 0 Å². The molecule has 2 aromatic rings. The van der Waals surface area contributed by atoms with E-state index in [0.29, 0.717) is 23.7 Å². The lowest BCUT2D eigenvalue weighted by molar-refractivity contribution is 0.102. The Morgan fingerprint density at radius 3 is 2.58 bits per heavy atom. The molecule has 0 bridgehead atoms. The normalized spacial score (nSPS) is 9.95. The van der Waals surface area contributed by atoms with Crippen LogP contribution in [-0.4, -0.2) is 17.5 Å². The number of amides is 1. The molecule has 0 radical (unpaired) electrons. The first-order valence-corrected chi connectivity index (χ1v) is 5.95. The summed E-state index contributed by atoms with van der Waals surface area (Å²) in [5.74, 6) is 0.496. The molecule has 0 aliphatic rings. The van der Waals surface area contributed by atoms with E-state index in [-0.39, 0.29) is 5.91 Å². The first kappa shape index (κ1) is 12.9. The van der Waals surface area contributed by atoms with Gasteiger partial charge in [-0.1, -0.05) is 0 Å². The predicted octanol–water partition coefficient (Wildman–Crippen LogP) is 2.31. The predicted molar refractivity (Wildman–Crippen MR) is 74.2 cm³/mol. The van der Waals surface area contributed by atoms with Crippen molar-refractivity contribution >= 4 is 17.3 Å². The van der Waals surface area contributed by atoms with Crippen molar-refractivity contribution in [2.24, 2.45) is 0 Å². The molecule has 0 saturated carbocycles. The number of nitrogen functional groups attached to an aromatic ring is 1. The zero-order valence-electron chi connectivity index (χ0n) is 10.6. The first-order valence-electron chi connectivity index (χ1n) is 5.95. The average Bonchev–Trinajstić information content (AvgIpc) is 2.42. The number of benzene rings is 1. The fourth-order valence-corrected chi connectivity index (χ4v) is 1.54. The average molecular weight is 257 g/mol. The Bertz CT molecular complexity index is 550. The maximum atomic E-state index is 11.9. The molecule has 5 nitrogen and oxygen atoms in total. The van der Waals surface area contributed by atoms with Crippen LogP contribution in [0.5, 0.6) is 5.75 Å². The molecule has 5 heteroatoms. The molecular formula is C14H15N3O2. The molecule has 98 valence electrons. The van der Waals surface area contributed by atoms with E-state index in [2.05, 4.69) is 10.3 Å². The van der Waals surface area contributed by atoms with Crippen molar-refractivity contribution in [3.63, 3.8) is 0 Å². The van der Waals surface area contributed by atoms with Crippen LogP contribution in [0.25, 0.3) is 0 Å². The highest BCUT2D eigenvalue weighted by atomic mass is 16.5. The minimum atomic E-state index is -0.274. The number of hydrogen-bond donors (Lipinski definition) is 2. The van der Waals surface area contributed by atoms with E-state index < -0.39 is 0 Å². The number of carbonyl (C=O) groups excluding carboxylic acids is 1. The molecule has 3 N–H and O–H groups in total. The van der Waals surface area contributed by atoms with E-state index in [1.807, 2.05) is 6.92 Å². The third-order valence-corrected chi connectivity index (χ3v) is 2.44. The SMILES string of the molecule is CCOc1ccc(NC(=O)c2ccc(N)cn2)cc1. The number of pyridine rings is 1. The quantitative estimate of drug-likeness (QED) is 0.881. The van der Waals surface area contributed by atoms with Crippen molar-refractivity contribution in [2.75, 3.05) is 17.7 Å². The van der Waals surface area contributed by atoms with Gasteiger partial charge in [0.1, 0.15) is 11.4 Å². The molecule has 19 heavy (non-hydrogen) atoms. The van der Waals surface area contributed by atoms with Crippen LogP contribution in [0.4, 0.5) is 11.4 Å². The largest absolute Gasteiger partial charge is 0.494 e. The topological polar surface area (TPSA) is 77.2 Å². The number of anilines is 2. The minimum Gasteiger partial charge on any atom is -0.494 e. The molecular weight excluding hydrogens is 242 g/mol. The molecule has 1 amide bonds. The van der Waals surface area contributed by atoms with Crippen LogP contribution in [-0.2, 0) is 0 Å². The molecule has 0 spiro atoms. The zero-order valence-corrected chi connectivity index (χ0v) is 10.6. The summed E-state index contributed by atoms with van der Waals surface area (Å²) in [7, 11) is 0. The van der Waals surface area contributed by atoms with Crippen molar-refractivity contribution in [3.8, 4) is 5.75 Å². The van der Waals surface area contributed by atoms with Gasteiger partial charge >= 0.3 is 0 Å². The number of rotatable bonds is 4. The lowest BCUT2D eigenvalue weighted by atomic mass is 10.2. The van der Waals surface area contributed by atoms with Gasteiger partial charge in [0.15, 0.2) is 0 Å². The van der Waals surface area contributed by atoms with Crippen LogP contribution in [0.1, 0.15) is 17.4 Å². The highest BCUT2D eigenvalue weighted by molar-refractivity contribution is 6.02. The van der Waals surface area contributed by atoms with Crippen molar-refractivity contribution < 1.29 is 9.53 Å². The van der Waals surface area contributed by atoms with Crippen molar-refractivity contribution in [2.45, 2.75) is 6.92 Å². The van der Waals surface area contributed by atoms with Gasteiger partial charge in [0.25, 0.3) is 5.91 Å². The van der Waals surface area contributed by atoms with E-state index in [0.717, 1.165) is 5.75 Å². The van der Waals surface area contributed by atoms with Gasteiger partial charge in [-0.25, -0.2) is 4.98 Å². The number of carbonyl (C=O) groups is 1. The lowest BCUT2D eigenvalue weighted by Gasteiger charge is -2.06. The van der Waals surface area contributed by atoms with E-state index in [1.54, 1.807) is 36.4 Å². The number of nitrogens with zero attached hydrogens (tertiary/aromatic N) is 1. The fraction of sp³-hybridized carbons (Fsp3) is 0.143. The number of hydrogen-bond acceptors (Lipinski definition) is 4. The molecule has 0 saturated heterocycles. The third-order valence-electron chi connectivity index (χ3n) is 2.44. The van der Waals surface area contributed by atoms with Crippen molar-refractivity contribution in [1.29, 1.82) is 0 Å². The Morgan fingerprint density at radius 2 is 2.00 bits per heavy atom. The zero-order chi connectivity index (χ0) is 13.7. The summed E-state index contributed by atoms with van der Waals surface area (Å²) >= 11 is 0. The second-order valence-electron chi connectivity index (χ2n) is 3.89. The van der Waals surface area contributed by atoms with Gasteiger partial charge in [0, 0.05) is 5.69 Å². The summed E-state index contributed by atoms with van der Waals surface area (Å²) < 4.78 is 5.32. The Hall–Kier alpha value is -2.56. The molecule has 0 aliphatic carbocycles. The van der Waals surface area contributed by atoms with Crippen LogP contribution in [0.15, 0.2) is 42.6 Å². The summed E-state index contributed by atoms with van der Waals surface area (Å²) in [4.78, 5) is 15.8. The summed E-state index contributed by atoms with van der Waals surface area (Å²) in [5.41, 5.74) is 7.05. The standard InChI is InChI=1S/C14H15N3O2/c1-2-19-12-6-4-11(5-7-12)17-14(18)13-8-3-10(15)9-16-13/h3-9H,2,15H2,1H3,(H,17,18). The Labute approximate surface area is 111 Å². The first-order chi connectivity index (χ1) is 9.19. The fourth-order valence-electron chi connectivity index (χ4n) is 1.54. The van der Waals surface area contributed by atoms with E-state index in [4.69, 9.17) is 10.5 Å². The maximum absolute atomic E-state index is 11.9. The Morgan fingerprint density at radius 1 is 1.26 bits per heavy atom. The van der Waals surface area contributed by atoms with Crippen LogP contribution < -0.4 is 15.8 Å². The molecule has 2 rings (SSSR count). The van der Waals surface area contributed by atoms with Crippen LogP contribution in [0.2, 0.25) is 0 Å². The Kier molecular flexibility index (Phi) is 3.97. The van der Waals surface area contributed by atoms with E-state index >= 15 is 0 Å². The number of nitrogens with one attached hydrogen (secondary N) is 1. The smallest absolute Gasteiger partial charge is 0.274 e. The Balaban J connectivity index is 2.04. The second kappa shape index (κ2) is 5.86. The summed E-state index contributed by atoms with van der Waals surface area (Å²) in [5, 5.41) is 2.75. The minimum absolute atomic E-state index is 0.274. The maximum Gasteiger partial charge on any atom is 0.274 e. The molecule has 1 aromatic heterocycles. The summed E-state index contributed by atoms with van der Waals surface area (Å²) in [6.45, 7) is 2.53. The monoisotopic (exact) mass is 257 g/mol. The van der Waals surface area contributed by atoms with Crippen LogP contribution in [0.3, 0.4) is 0 Å². The lowest BCUT2D eigenvalue weighted by Crippen LogP contribution is -2.13. The van der Waals surface area contributed by atoms with Crippen molar-refractivity contribution in [1.82, 2.24) is 4.98 Å². The number of aromatic nitrogens is 1. The molecule has 0 unspecified atom stereocenters. The highest BCUT2D eigenvalue weighted by Gasteiger charge is 2.07. The molecule has 1 heterocycles. The van der Waals surface area contributed by atoms with Gasteiger partial charge in [-0.05, 0) is 43.3 Å². The van der Waals surface area contributed by atoms with Crippen LogP contribution >= 0.6 is 0 Å². The molecule has 0 aliphatic heterocycles. The van der Waals surface area contributed by atoms with Crippen molar-refractivity contribution in [3.05, 3.63) is 48.3 Å². The molecule has 0 fully saturated rings. The summed E-state index contributed by atoms with van der Waals surface area (Å²) in [6, 6.07) is 10.4. The summed E-state index contributed by atoms with van der Waals surface area (Å²) in [6.07, 6.45) is 1.45. The number of ether oxygens (including phenoxy) is 1. The highest BCUT2D eigenvalue weighted by Crippen LogP contribution is 2.16. The van der Waals surface area contributed by atoms with E-state index in [9.17, 15) is 4.79 Å².